The van der Waals surface area contributed by atoms with Crippen molar-refractivity contribution in [2.24, 2.45) is 0 Å². The van der Waals surface area contributed by atoms with E-state index in [0.29, 0.717) is 34.6 Å². The van der Waals surface area contributed by atoms with Crippen molar-refractivity contribution < 1.29 is 5.11 Å². The normalized spacial score (nSPS) is 11.0. The van der Waals surface area contributed by atoms with Crippen molar-refractivity contribution in [3.63, 3.8) is 0 Å². The smallest absolute Gasteiger partial charge is 0.197 e. The number of hydrogen-bond donors (Lipinski definition) is 3. The molecule has 0 atom stereocenters. The van der Waals surface area contributed by atoms with Crippen molar-refractivity contribution in [2.45, 2.75) is 13.1 Å². The van der Waals surface area contributed by atoms with Crippen LogP contribution in [0.1, 0.15) is 11.1 Å². The number of aromatic nitrogens is 1. The topological polar surface area (TPSA) is 65.1 Å². The minimum Gasteiger partial charge on any atom is -0.507 e. The highest BCUT2D eigenvalue weighted by Gasteiger charge is 2.08. The zero-order valence-electron chi connectivity index (χ0n) is 11.8. The standard InChI is InChI=1S/C17H15ClN2O2/c18-13-6-4-11(5-7-13)8-19-9-12-10-20-14-2-1-3-15(21)16(14)17(12)22/h1-7,10,19,21H,8-9H2,(H,20,22). The molecule has 3 rings (SSSR count). The molecule has 3 aromatic rings. The molecular formula is C17H15ClN2O2. The number of H-pyrrole nitrogens is 1. The number of phenols is 1. The average Bonchev–Trinajstić information content (AvgIpc) is 2.51. The minimum absolute atomic E-state index is 0.00157. The predicted molar refractivity (Wildman–Crippen MR) is 88.2 cm³/mol. The molecule has 0 fully saturated rings. The highest BCUT2D eigenvalue weighted by molar-refractivity contribution is 6.30. The van der Waals surface area contributed by atoms with Crippen molar-refractivity contribution in [2.75, 3.05) is 0 Å². The summed E-state index contributed by atoms with van der Waals surface area (Å²) in [5, 5.41) is 14.1. The molecule has 0 saturated carbocycles. The molecule has 0 aliphatic carbocycles. The van der Waals surface area contributed by atoms with Gasteiger partial charge in [0.15, 0.2) is 5.43 Å². The molecule has 0 spiro atoms. The maximum atomic E-state index is 12.4. The fraction of sp³-hybridized carbons (Fsp3) is 0.118. The molecule has 0 amide bonds. The van der Waals surface area contributed by atoms with E-state index >= 15 is 0 Å². The minimum atomic E-state index is -0.157. The summed E-state index contributed by atoms with van der Waals surface area (Å²) in [5.41, 5.74) is 2.15. The molecule has 0 bridgehead atoms. The second-order valence-electron chi connectivity index (χ2n) is 5.07. The highest BCUT2D eigenvalue weighted by atomic mass is 35.5. The number of phenolic OH excluding ortho intramolecular Hbond substituents is 1. The number of halogens is 1. The first-order chi connectivity index (χ1) is 10.6. The van der Waals surface area contributed by atoms with Gasteiger partial charge >= 0.3 is 0 Å². The number of fused-ring (bicyclic) bond motifs is 1. The van der Waals surface area contributed by atoms with Crippen molar-refractivity contribution in [1.82, 2.24) is 10.3 Å². The van der Waals surface area contributed by atoms with Gasteiger partial charge in [0, 0.05) is 29.9 Å². The number of benzene rings is 2. The third kappa shape index (κ3) is 2.98. The van der Waals surface area contributed by atoms with Gasteiger partial charge in [-0.25, -0.2) is 0 Å². The third-order valence-electron chi connectivity index (χ3n) is 3.52. The number of rotatable bonds is 4. The number of hydrogen-bond acceptors (Lipinski definition) is 3. The van der Waals surface area contributed by atoms with Crippen LogP contribution < -0.4 is 10.7 Å². The Hall–Kier alpha value is -2.30. The Bertz CT molecular complexity index is 857. The molecule has 0 saturated heterocycles. The van der Waals surface area contributed by atoms with Crippen LogP contribution in [0, 0.1) is 0 Å². The van der Waals surface area contributed by atoms with E-state index in [1.807, 2.05) is 24.3 Å². The van der Waals surface area contributed by atoms with Gasteiger partial charge in [-0.05, 0) is 29.8 Å². The van der Waals surface area contributed by atoms with Crippen LogP contribution in [0.25, 0.3) is 10.9 Å². The molecule has 1 aromatic heterocycles. The second kappa shape index (κ2) is 6.22. The van der Waals surface area contributed by atoms with Crippen LogP contribution >= 0.6 is 11.6 Å². The first-order valence-electron chi connectivity index (χ1n) is 6.92. The lowest BCUT2D eigenvalue weighted by Crippen LogP contribution is -2.19. The summed E-state index contributed by atoms with van der Waals surface area (Å²) in [4.78, 5) is 15.4. The van der Waals surface area contributed by atoms with Gasteiger partial charge in [0.05, 0.1) is 10.9 Å². The quantitative estimate of drug-likeness (QED) is 0.693. The van der Waals surface area contributed by atoms with E-state index in [0.717, 1.165) is 5.56 Å². The van der Waals surface area contributed by atoms with Crippen LogP contribution in [0.15, 0.2) is 53.5 Å². The lowest BCUT2D eigenvalue weighted by molar-refractivity contribution is 0.481. The van der Waals surface area contributed by atoms with Crippen LogP contribution in [0.4, 0.5) is 0 Å². The zero-order chi connectivity index (χ0) is 15.5. The van der Waals surface area contributed by atoms with E-state index in [-0.39, 0.29) is 11.2 Å². The fourth-order valence-electron chi connectivity index (χ4n) is 2.37. The van der Waals surface area contributed by atoms with Crippen molar-refractivity contribution in [3.05, 3.63) is 75.0 Å². The maximum absolute atomic E-state index is 12.4. The summed E-state index contributed by atoms with van der Waals surface area (Å²) in [7, 11) is 0. The Morgan fingerprint density at radius 3 is 2.64 bits per heavy atom. The average molecular weight is 315 g/mol. The molecule has 0 radical (unpaired) electrons. The van der Waals surface area contributed by atoms with Crippen LogP contribution in [-0.2, 0) is 13.1 Å². The maximum Gasteiger partial charge on any atom is 0.197 e. The Labute approximate surface area is 132 Å². The second-order valence-corrected chi connectivity index (χ2v) is 5.51. The van der Waals surface area contributed by atoms with Gasteiger partial charge in [0.1, 0.15) is 5.75 Å². The molecule has 112 valence electrons. The van der Waals surface area contributed by atoms with Crippen molar-refractivity contribution >= 4 is 22.5 Å². The molecule has 4 nitrogen and oxygen atoms in total. The van der Waals surface area contributed by atoms with Crippen LogP contribution in [0.5, 0.6) is 5.75 Å². The molecule has 0 unspecified atom stereocenters. The Morgan fingerprint density at radius 1 is 1.09 bits per heavy atom. The highest BCUT2D eigenvalue weighted by Crippen LogP contribution is 2.19. The van der Waals surface area contributed by atoms with E-state index < -0.39 is 0 Å². The Kier molecular flexibility index (Phi) is 4.13. The summed E-state index contributed by atoms with van der Waals surface area (Å²) in [5.74, 6) is -0.00157. The first-order valence-corrected chi connectivity index (χ1v) is 7.30. The van der Waals surface area contributed by atoms with Crippen LogP contribution in [0.2, 0.25) is 5.02 Å². The summed E-state index contributed by atoms with van der Waals surface area (Å²) in [6.07, 6.45) is 1.68. The lowest BCUT2D eigenvalue weighted by Gasteiger charge is -2.07. The zero-order valence-corrected chi connectivity index (χ0v) is 12.5. The van der Waals surface area contributed by atoms with Gasteiger partial charge < -0.3 is 15.4 Å². The van der Waals surface area contributed by atoms with E-state index in [1.54, 1.807) is 18.3 Å². The van der Waals surface area contributed by atoms with E-state index in [9.17, 15) is 9.90 Å². The number of pyridine rings is 1. The number of aromatic amines is 1. The van der Waals surface area contributed by atoms with E-state index in [4.69, 9.17) is 11.6 Å². The molecule has 2 aromatic carbocycles. The van der Waals surface area contributed by atoms with Gasteiger partial charge in [0.2, 0.25) is 0 Å². The van der Waals surface area contributed by atoms with Crippen LogP contribution in [-0.4, -0.2) is 10.1 Å². The van der Waals surface area contributed by atoms with Crippen molar-refractivity contribution in [3.8, 4) is 5.75 Å². The van der Waals surface area contributed by atoms with Crippen LogP contribution in [0.3, 0.4) is 0 Å². The largest absolute Gasteiger partial charge is 0.507 e. The SMILES string of the molecule is O=c1c(CNCc2ccc(Cl)cc2)c[nH]c2cccc(O)c12. The van der Waals surface area contributed by atoms with Gasteiger partial charge in [-0.2, -0.15) is 0 Å². The Balaban J connectivity index is 1.77. The monoisotopic (exact) mass is 314 g/mol. The molecule has 0 aliphatic heterocycles. The van der Waals surface area contributed by atoms with Gasteiger partial charge in [-0.3, -0.25) is 4.79 Å². The summed E-state index contributed by atoms with van der Waals surface area (Å²) in [6, 6.07) is 12.5. The predicted octanol–water partition coefficient (Wildman–Crippen LogP) is 3.18. The summed E-state index contributed by atoms with van der Waals surface area (Å²) in [6.45, 7) is 1.05. The van der Waals surface area contributed by atoms with Crippen molar-refractivity contribution in [1.29, 1.82) is 0 Å². The summed E-state index contributed by atoms with van der Waals surface area (Å²) >= 11 is 5.84. The molecule has 0 aliphatic rings. The first kappa shape index (κ1) is 14.6. The number of aromatic hydroxyl groups is 1. The molecule has 22 heavy (non-hydrogen) atoms. The molecule has 5 heteroatoms. The molecule has 3 N–H and O–H groups in total. The van der Waals surface area contributed by atoms with E-state index in [1.165, 1.54) is 6.07 Å². The summed E-state index contributed by atoms with van der Waals surface area (Å²) < 4.78 is 0. The molecular weight excluding hydrogens is 300 g/mol. The molecule has 1 heterocycles. The van der Waals surface area contributed by atoms with Gasteiger partial charge in [0.25, 0.3) is 0 Å². The Morgan fingerprint density at radius 2 is 1.86 bits per heavy atom. The fourth-order valence-corrected chi connectivity index (χ4v) is 2.49. The van der Waals surface area contributed by atoms with E-state index in [2.05, 4.69) is 10.3 Å². The van der Waals surface area contributed by atoms with Gasteiger partial charge in [-0.15, -0.1) is 0 Å². The van der Waals surface area contributed by atoms with Gasteiger partial charge in [-0.1, -0.05) is 29.8 Å². The number of nitrogens with one attached hydrogen (secondary N) is 2. The lowest BCUT2D eigenvalue weighted by atomic mass is 10.1. The third-order valence-corrected chi connectivity index (χ3v) is 3.77.